The van der Waals surface area contributed by atoms with Gasteiger partial charge in [0.1, 0.15) is 5.57 Å². The molecule has 0 aliphatic rings. The Kier molecular flexibility index (Phi) is 4.39. The van der Waals surface area contributed by atoms with E-state index in [2.05, 4.69) is 0 Å². The van der Waals surface area contributed by atoms with Gasteiger partial charge in [0.25, 0.3) is 0 Å². The first-order valence-corrected chi connectivity index (χ1v) is 4.82. The monoisotopic (exact) mass is 238 g/mol. The molecule has 0 spiro atoms. The van der Waals surface area contributed by atoms with Gasteiger partial charge in [0.15, 0.2) is 11.5 Å². The average Bonchev–Trinajstić information content (AvgIpc) is 2.34. The van der Waals surface area contributed by atoms with Crippen LogP contribution in [0.5, 0.6) is 11.5 Å². The molecule has 0 saturated carbocycles. The lowest BCUT2D eigenvalue weighted by Crippen LogP contribution is -2.01. The molecule has 0 aromatic heterocycles. The highest BCUT2D eigenvalue weighted by molar-refractivity contribution is 6.15. The van der Waals surface area contributed by atoms with E-state index in [0.29, 0.717) is 17.1 Å². The normalized spacial score (nSPS) is 10.9. The summed E-state index contributed by atoms with van der Waals surface area (Å²) < 4.78 is 14.9. The fourth-order valence-corrected chi connectivity index (χ4v) is 1.36. The second kappa shape index (κ2) is 5.79. The van der Waals surface area contributed by atoms with Crippen LogP contribution in [0.3, 0.4) is 0 Å². The summed E-state index contributed by atoms with van der Waals surface area (Å²) in [5.74, 6) is -0.0641. The van der Waals surface area contributed by atoms with Gasteiger partial charge < -0.3 is 19.3 Å². The summed E-state index contributed by atoms with van der Waals surface area (Å²) in [6.07, 6.45) is 1.17. The van der Waals surface area contributed by atoms with Crippen LogP contribution in [-0.2, 0) is 9.53 Å². The molecule has 0 aliphatic carbocycles. The second-order valence-electron chi connectivity index (χ2n) is 3.14. The zero-order valence-corrected chi connectivity index (χ0v) is 9.89. The van der Waals surface area contributed by atoms with Crippen LogP contribution in [0.15, 0.2) is 24.5 Å². The molecule has 0 radical (unpaired) electrons. The first-order chi connectivity index (χ1) is 8.13. The molecule has 1 aromatic rings. The molecule has 0 bridgehead atoms. The second-order valence-corrected chi connectivity index (χ2v) is 3.14. The van der Waals surface area contributed by atoms with E-state index in [-0.39, 0.29) is 5.57 Å². The highest BCUT2D eigenvalue weighted by Gasteiger charge is 2.13. The van der Waals surface area contributed by atoms with Crippen molar-refractivity contribution in [1.29, 1.82) is 0 Å². The van der Waals surface area contributed by atoms with E-state index < -0.39 is 5.97 Å². The number of benzene rings is 1. The van der Waals surface area contributed by atoms with Crippen molar-refractivity contribution < 1.29 is 24.1 Å². The fraction of sp³-hybridized carbons (Fsp3) is 0.250. The van der Waals surface area contributed by atoms with Crippen molar-refractivity contribution >= 4 is 11.5 Å². The summed E-state index contributed by atoms with van der Waals surface area (Å²) in [6.45, 7) is 0. The number of carboxylic acid groups (broad SMARTS) is 1. The summed E-state index contributed by atoms with van der Waals surface area (Å²) in [5.41, 5.74) is 0.533. The molecule has 0 fully saturated rings. The molecule has 92 valence electrons. The van der Waals surface area contributed by atoms with E-state index >= 15 is 0 Å². The molecule has 0 unspecified atom stereocenters. The minimum absolute atomic E-state index is 0.0495. The number of aliphatic carboxylic acids is 1. The standard InChI is InChI=1S/C12H14O5/c1-15-7-9(12(13)14)8-4-5-10(16-2)11(6-8)17-3/h4-7H,1-3H3,(H,13,14). The average molecular weight is 238 g/mol. The Morgan fingerprint density at radius 3 is 2.29 bits per heavy atom. The van der Waals surface area contributed by atoms with Crippen molar-refractivity contribution in [2.75, 3.05) is 21.3 Å². The highest BCUT2D eigenvalue weighted by Crippen LogP contribution is 2.30. The number of ether oxygens (including phenoxy) is 3. The Morgan fingerprint density at radius 2 is 1.82 bits per heavy atom. The lowest BCUT2D eigenvalue weighted by Gasteiger charge is -2.09. The lowest BCUT2D eigenvalue weighted by molar-refractivity contribution is -0.130. The first kappa shape index (κ1) is 12.9. The summed E-state index contributed by atoms with van der Waals surface area (Å²) in [5, 5.41) is 9.03. The van der Waals surface area contributed by atoms with Crippen LogP contribution >= 0.6 is 0 Å². The van der Waals surface area contributed by atoms with E-state index in [1.807, 2.05) is 0 Å². The number of methoxy groups -OCH3 is 3. The third-order valence-corrected chi connectivity index (χ3v) is 2.16. The van der Waals surface area contributed by atoms with E-state index in [1.165, 1.54) is 27.6 Å². The quantitative estimate of drug-likeness (QED) is 0.625. The Bertz CT molecular complexity index is 437. The Morgan fingerprint density at radius 1 is 1.18 bits per heavy atom. The van der Waals surface area contributed by atoms with Gasteiger partial charge in [0, 0.05) is 0 Å². The minimum Gasteiger partial charge on any atom is -0.503 e. The van der Waals surface area contributed by atoms with Crippen LogP contribution < -0.4 is 9.47 Å². The van der Waals surface area contributed by atoms with Gasteiger partial charge >= 0.3 is 5.97 Å². The molecule has 0 heterocycles. The van der Waals surface area contributed by atoms with Crippen molar-refractivity contribution in [2.24, 2.45) is 0 Å². The summed E-state index contributed by atoms with van der Waals surface area (Å²) >= 11 is 0. The summed E-state index contributed by atoms with van der Waals surface area (Å²) in [6, 6.07) is 4.85. The minimum atomic E-state index is -1.07. The SMILES string of the molecule is COC=C(C(=O)O)c1ccc(OC)c(OC)c1. The molecule has 1 aromatic carbocycles. The van der Waals surface area contributed by atoms with Crippen molar-refractivity contribution in [1.82, 2.24) is 0 Å². The molecule has 17 heavy (non-hydrogen) atoms. The predicted octanol–water partition coefficient (Wildman–Crippen LogP) is 1.78. The molecule has 1 rings (SSSR count). The van der Waals surface area contributed by atoms with Gasteiger partial charge in [-0.05, 0) is 17.7 Å². The van der Waals surface area contributed by atoms with Crippen LogP contribution in [0.4, 0.5) is 0 Å². The Balaban J connectivity index is 3.22. The molecule has 1 N–H and O–H groups in total. The lowest BCUT2D eigenvalue weighted by atomic mass is 10.1. The Hall–Kier alpha value is -2.17. The summed E-state index contributed by atoms with van der Waals surface area (Å²) in [4.78, 5) is 11.0. The smallest absolute Gasteiger partial charge is 0.339 e. The first-order valence-electron chi connectivity index (χ1n) is 4.82. The van der Waals surface area contributed by atoms with Crippen molar-refractivity contribution in [3.8, 4) is 11.5 Å². The van der Waals surface area contributed by atoms with E-state index in [9.17, 15) is 4.79 Å². The van der Waals surface area contributed by atoms with Crippen LogP contribution in [0.2, 0.25) is 0 Å². The number of carboxylic acids is 1. The zero-order valence-electron chi connectivity index (χ0n) is 9.89. The van der Waals surface area contributed by atoms with Gasteiger partial charge in [-0.15, -0.1) is 0 Å². The van der Waals surface area contributed by atoms with E-state index in [0.717, 1.165) is 0 Å². The number of rotatable bonds is 5. The molecule has 0 saturated heterocycles. The predicted molar refractivity (Wildman–Crippen MR) is 62.2 cm³/mol. The molecule has 0 atom stereocenters. The van der Waals surface area contributed by atoms with Gasteiger partial charge in [0.05, 0.1) is 27.6 Å². The van der Waals surface area contributed by atoms with Crippen molar-refractivity contribution in [3.05, 3.63) is 30.0 Å². The zero-order chi connectivity index (χ0) is 12.8. The maximum atomic E-state index is 11.0. The maximum Gasteiger partial charge on any atom is 0.339 e. The highest BCUT2D eigenvalue weighted by atomic mass is 16.5. The molecule has 0 amide bonds. The largest absolute Gasteiger partial charge is 0.503 e. The van der Waals surface area contributed by atoms with Crippen LogP contribution in [0, 0.1) is 0 Å². The number of hydrogen-bond donors (Lipinski definition) is 1. The molecule has 5 heteroatoms. The van der Waals surface area contributed by atoms with Gasteiger partial charge in [0.2, 0.25) is 0 Å². The number of carbonyl (C=O) groups is 1. The van der Waals surface area contributed by atoms with Gasteiger partial charge in [-0.25, -0.2) is 4.79 Å². The van der Waals surface area contributed by atoms with Crippen LogP contribution in [0.1, 0.15) is 5.56 Å². The number of hydrogen-bond acceptors (Lipinski definition) is 4. The molecule has 0 aliphatic heterocycles. The molecular formula is C12H14O5. The van der Waals surface area contributed by atoms with Crippen LogP contribution in [0.25, 0.3) is 5.57 Å². The third kappa shape index (κ3) is 2.90. The van der Waals surface area contributed by atoms with E-state index in [4.69, 9.17) is 19.3 Å². The van der Waals surface area contributed by atoms with Gasteiger partial charge in [-0.1, -0.05) is 6.07 Å². The molecule has 5 nitrogen and oxygen atoms in total. The van der Waals surface area contributed by atoms with E-state index in [1.54, 1.807) is 18.2 Å². The Labute approximate surface area is 99.2 Å². The van der Waals surface area contributed by atoms with Crippen LogP contribution in [-0.4, -0.2) is 32.4 Å². The summed E-state index contributed by atoms with van der Waals surface area (Å²) in [7, 11) is 4.40. The maximum absolute atomic E-state index is 11.0. The molecular weight excluding hydrogens is 224 g/mol. The topological polar surface area (TPSA) is 65.0 Å². The van der Waals surface area contributed by atoms with Gasteiger partial charge in [-0.2, -0.15) is 0 Å². The third-order valence-electron chi connectivity index (χ3n) is 2.16. The van der Waals surface area contributed by atoms with Crippen molar-refractivity contribution in [3.63, 3.8) is 0 Å². The van der Waals surface area contributed by atoms with Gasteiger partial charge in [-0.3, -0.25) is 0 Å². The fourth-order valence-electron chi connectivity index (χ4n) is 1.36. The van der Waals surface area contributed by atoms with Crippen molar-refractivity contribution in [2.45, 2.75) is 0 Å².